The summed E-state index contributed by atoms with van der Waals surface area (Å²) in [5.74, 6) is 0. The molecule has 2 aromatic carbocycles. The zero-order chi connectivity index (χ0) is 25.7. The van der Waals surface area contributed by atoms with E-state index in [1.54, 1.807) is 0 Å². The molecule has 0 fully saturated rings. The Bertz CT molecular complexity index is 539. The molecule has 0 aliphatic rings. The summed E-state index contributed by atoms with van der Waals surface area (Å²) in [6.45, 7) is 20.0. The van der Waals surface area contributed by atoms with Crippen molar-refractivity contribution >= 4 is 89.2 Å². The zero-order valence-electron chi connectivity index (χ0n) is 22.1. The van der Waals surface area contributed by atoms with E-state index in [-0.39, 0.29) is 33.8 Å². The first kappa shape index (κ1) is 51.1. The molecule has 0 amide bonds. The van der Waals surface area contributed by atoms with Crippen molar-refractivity contribution in [1.29, 1.82) is 0 Å². The Morgan fingerprint density at radius 3 is 1.09 bits per heavy atom. The van der Waals surface area contributed by atoms with Gasteiger partial charge in [-0.25, -0.2) is 4.36 Å². The second kappa shape index (κ2) is 46.6. The van der Waals surface area contributed by atoms with Crippen LogP contribution in [0.3, 0.4) is 0 Å². The van der Waals surface area contributed by atoms with Gasteiger partial charge in [0.2, 0.25) is 0 Å². The molecule has 188 valence electrons. The summed E-state index contributed by atoms with van der Waals surface area (Å²) < 4.78 is 3.74. The Morgan fingerprint density at radius 2 is 0.909 bits per heavy atom. The van der Waals surface area contributed by atoms with E-state index in [1.165, 1.54) is 11.1 Å². The molecule has 0 heterocycles. The maximum atomic E-state index is 5.61. The van der Waals surface area contributed by atoms with Crippen LogP contribution in [0.15, 0.2) is 65.0 Å². The van der Waals surface area contributed by atoms with Crippen LogP contribution in [0.2, 0.25) is 0 Å². The standard InChI is InChI=1S/C8H9NS.C8H11N.4C2H6.2B.3HI.V/c1-7(9-10)8-5-3-2-4-6-8;1-7(9)8-5-3-2-4-6-8;4*1-2;;;;;;/h2-7H,1H3;2-7H,9H2,1H3;4*1-2H3;;;3*1H;/q;;;;;;;;;;;+3/p-3. The van der Waals surface area contributed by atoms with Gasteiger partial charge in [0.25, 0.3) is 0 Å². The van der Waals surface area contributed by atoms with Gasteiger partial charge in [-0.2, -0.15) is 0 Å². The van der Waals surface area contributed by atoms with Crippen molar-refractivity contribution in [3.8, 4) is 0 Å². The predicted octanol–water partition coefficient (Wildman–Crippen LogP) is 10.2. The van der Waals surface area contributed by atoms with E-state index in [2.05, 4.69) is 76.7 Å². The zero-order valence-corrected chi connectivity index (χ0v) is 30.8. The van der Waals surface area contributed by atoms with Crippen molar-refractivity contribution in [2.75, 3.05) is 0 Å². The Labute approximate surface area is 254 Å². The third-order valence-electron chi connectivity index (χ3n) is 2.77. The summed E-state index contributed by atoms with van der Waals surface area (Å²) in [5, 5.41) is 0. The third kappa shape index (κ3) is 43.8. The number of hydrogen-bond donors (Lipinski definition) is 1. The van der Waals surface area contributed by atoms with Crippen LogP contribution in [-0.2, 0) is 17.3 Å². The third-order valence-corrected chi connectivity index (χ3v) is 3.08. The quantitative estimate of drug-likeness (QED) is 0.247. The normalized spacial score (nSPS) is 9.18. The van der Waals surface area contributed by atoms with Crippen molar-refractivity contribution in [1.82, 2.24) is 0 Å². The van der Waals surface area contributed by atoms with Crippen molar-refractivity contribution in [3.63, 3.8) is 0 Å². The molecule has 2 aromatic rings. The maximum absolute atomic E-state index is 5.61. The number of rotatable bonds is 3. The van der Waals surface area contributed by atoms with E-state index in [1.807, 2.05) is 130 Å². The fourth-order valence-corrected chi connectivity index (χ4v) is 1.67. The van der Waals surface area contributed by atoms with Gasteiger partial charge >= 0.3 is 64.9 Å². The molecule has 0 saturated carbocycles. The van der Waals surface area contributed by atoms with Crippen LogP contribution in [0.4, 0.5) is 0 Å². The van der Waals surface area contributed by atoms with Gasteiger partial charge in [-0.15, -0.1) is 0 Å². The Kier molecular flexibility index (Phi) is 72.1. The fraction of sp³-hybridized carbons (Fsp3) is 0.500. The number of halogens is 3. The predicted molar refractivity (Wildman–Crippen MR) is 183 cm³/mol. The van der Waals surface area contributed by atoms with E-state index in [0.29, 0.717) is 0 Å². The number of benzene rings is 2. The molecule has 0 spiro atoms. The van der Waals surface area contributed by atoms with Gasteiger partial charge in [0.05, 0.1) is 6.04 Å². The first-order valence-electron chi connectivity index (χ1n) is 10.8. The molecule has 2 atom stereocenters. The van der Waals surface area contributed by atoms with Crippen LogP contribution in [0, 0.1) is 0 Å². The van der Waals surface area contributed by atoms with E-state index < -0.39 is 0 Å². The first-order valence-corrected chi connectivity index (χ1v) is 24.7. The molecule has 0 aliphatic heterocycles. The minimum atomic E-state index is -0.278. The molecule has 2 rings (SSSR count). The van der Waals surface area contributed by atoms with Crippen LogP contribution in [0.25, 0.3) is 0 Å². The summed E-state index contributed by atoms with van der Waals surface area (Å²) in [5.41, 5.74) is 7.98. The van der Waals surface area contributed by atoms with E-state index in [4.69, 9.17) is 5.73 Å². The second-order valence-corrected chi connectivity index (χ2v) is 40.2. The topological polar surface area (TPSA) is 38.4 Å². The minimum absolute atomic E-state index is 0. The van der Waals surface area contributed by atoms with Crippen LogP contribution in [0.1, 0.15) is 92.4 Å². The van der Waals surface area contributed by atoms with Gasteiger partial charge in [-0.05, 0) is 25.0 Å². The molecular weight excluding hydrogens is 802 g/mol. The van der Waals surface area contributed by atoms with Crippen LogP contribution in [-0.4, -0.2) is 16.8 Å². The molecule has 6 radical (unpaired) electrons. The summed E-state index contributed by atoms with van der Waals surface area (Å²) in [7, 11) is 0. The van der Waals surface area contributed by atoms with Crippen molar-refractivity contribution in [2.45, 2.75) is 81.3 Å². The molecule has 0 aromatic heterocycles. The van der Waals surface area contributed by atoms with Crippen molar-refractivity contribution in [2.24, 2.45) is 10.1 Å². The molecule has 33 heavy (non-hydrogen) atoms. The molecule has 0 bridgehead atoms. The van der Waals surface area contributed by atoms with Crippen LogP contribution < -0.4 is 5.73 Å². The molecular formula is C24H44B2I3N2SV. The van der Waals surface area contributed by atoms with Crippen molar-refractivity contribution in [3.05, 3.63) is 71.8 Å². The summed E-state index contributed by atoms with van der Waals surface area (Å²) in [6, 6.07) is 20.4. The second-order valence-electron chi connectivity index (χ2n) is 4.58. The van der Waals surface area contributed by atoms with Crippen LogP contribution in [0.5, 0.6) is 0 Å². The first-order chi connectivity index (χ1) is 14.9. The monoisotopic (exact) mass is 846 g/mol. The molecule has 0 saturated heterocycles. The Hall–Kier alpha value is 1.32. The summed E-state index contributed by atoms with van der Waals surface area (Å²) >= 11 is 12.0. The molecule has 0 aliphatic carbocycles. The molecule has 2 nitrogen and oxygen atoms in total. The van der Waals surface area contributed by atoms with Gasteiger partial charge < -0.3 is 5.73 Å². The summed E-state index contributed by atoms with van der Waals surface area (Å²) in [6.07, 6.45) is 0. The van der Waals surface area contributed by atoms with E-state index >= 15 is 0 Å². The Balaban J connectivity index is -0.0000000542. The van der Waals surface area contributed by atoms with Crippen molar-refractivity contribution < 1.29 is 4.92 Å². The van der Waals surface area contributed by atoms with E-state index in [9.17, 15) is 0 Å². The SMILES string of the molecule is CC.CC.CC.CC.CC(N)c1ccccc1.CC(N=S)c1ccccc1.[B].[B].[I][V]([I])[I]. The van der Waals surface area contributed by atoms with E-state index in [0.717, 1.165) is 0 Å². The van der Waals surface area contributed by atoms with Gasteiger partial charge in [-0.3, -0.25) is 0 Å². The number of hydrogen-bond acceptors (Lipinski definition) is 3. The van der Waals surface area contributed by atoms with Gasteiger partial charge in [0.15, 0.2) is 0 Å². The number of nitrogens with two attached hydrogens (primary N) is 1. The number of nitrogens with zero attached hydrogens (tertiary/aromatic N) is 1. The van der Waals surface area contributed by atoms with Gasteiger partial charge in [0, 0.05) is 35.3 Å². The van der Waals surface area contributed by atoms with Crippen LogP contribution >= 0.6 is 59.9 Å². The summed E-state index contributed by atoms with van der Waals surface area (Å²) in [4.78, 5) is -0.278. The average Bonchev–Trinajstić information content (AvgIpc) is 2.85. The van der Waals surface area contributed by atoms with Gasteiger partial charge in [0.1, 0.15) is 0 Å². The molecule has 2 N–H and O–H groups in total. The molecule has 9 heteroatoms. The average molecular weight is 846 g/mol. The fourth-order valence-electron chi connectivity index (χ4n) is 1.55. The van der Waals surface area contributed by atoms with Gasteiger partial charge in [-0.1, -0.05) is 116 Å². The molecule has 2 unspecified atom stereocenters. The Morgan fingerprint density at radius 1 is 0.667 bits per heavy atom.